The van der Waals surface area contributed by atoms with Gasteiger partial charge in [-0.05, 0) is 11.5 Å². The van der Waals surface area contributed by atoms with Crippen molar-refractivity contribution in [3.8, 4) is 0 Å². The highest BCUT2D eigenvalue weighted by Gasteiger charge is 1.96. The molecule has 0 fully saturated rings. The van der Waals surface area contributed by atoms with Crippen LogP contribution in [0.25, 0.3) is 0 Å². The zero-order valence-corrected chi connectivity index (χ0v) is 13.2. The molecule has 0 saturated carbocycles. The van der Waals surface area contributed by atoms with Crippen LogP contribution in [0.1, 0.15) is 26.3 Å². The highest BCUT2D eigenvalue weighted by Crippen LogP contribution is 2.01. The van der Waals surface area contributed by atoms with Crippen molar-refractivity contribution in [3.63, 3.8) is 0 Å². The van der Waals surface area contributed by atoms with Gasteiger partial charge in [-0.25, -0.2) is 0 Å². The van der Waals surface area contributed by atoms with E-state index in [2.05, 4.69) is 49.6 Å². The van der Waals surface area contributed by atoms with E-state index in [1.165, 1.54) is 5.56 Å². The molecule has 0 heterocycles. The third-order valence-corrected chi connectivity index (χ3v) is 2.22. The van der Waals surface area contributed by atoms with Crippen LogP contribution in [0.15, 0.2) is 30.3 Å². The standard InChI is InChI=1S/C9H15NOSi.C4H10/c1-11-8-10(12)7-9-5-3-2-4-6-9;1-4(2)3/h2-6H,7-8H2,1,12H3;4H,1-3H3. The summed E-state index contributed by atoms with van der Waals surface area (Å²) in [6.45, 7) is 8.24. The van der Waals surface area contributed by atoms with Gasteiger partial charge in [0, 0.05) is 13.7 Å². The van der Waals surface area contributed by atoms with Crippen LogP contribution in [-0.4, -0.2) is 28.8 Å². The molecule has 92 valence electrons. The predicted octanol–water partition coefficient (Wildman–Crippen LogP) is 2.04. The van der Waals surface area contributed by atoms with Crippen LogP contribution in [-0.2, 0) is 11.3 Å². The van der Waals surface area contributed by atoms with E-state index >= 15 is 0 Å². The van der Waals surface area contributed by atoms with Gasteiger partial charge in [-0.2, -0.15) is 0 Å². The summed E-state index contributed by atoms with van der Waals surface area (Å²) in [6.07, 6.45) is 0. The van der Waals surface area contributed by atoms with E-state index < -0.39 is 0 Å². The first-order chi connectivity index (χ1) is 7.56. The zero-order valence-electron chi connectivity index (χ0n) is 11.2. The Balaban J connectivity index is 0.000000487. The highest BCUT2D eigenvalue weighted by molar-refractivity contribution is 6.04. The van der Waals surface area contributed by atoms with Crippen LogP contribution in [0, 0.1) is 5.92 Å². The monoisotopic (exact) mass is 239 g/mol. The van der Waals surface area contributed by atoms with Gasteiger partial charge in [0.15, 0.2) is 0 Å². The lowest BCUT2D eigenvalue weighted by atomic mass is 10.2. The molecule has 0 bridgehead atoms. The zero-order chi connectivity index (χ0) is 12.4. The molecule has 0 unspecified atom stereocenters. The molecule has 0 aliphatic heterocycles. The summed E-state index contributed by atoms with van der Waals surface area (Å²) in [5.41, 5.74) is 1.35. The number of nitrogens with zero attached hydrogens (tertiary/aromatic N) is 1. The van der Waals surface area contributed by atoms with E-state index in [4.69, 9.17) is 4.74 Å². The molecule has 1 aromatic rings. The quantitative estimate of drug-likeness (QED) is 0.589. The molecule has 0 aliphatic carbocycles. The van der Waals surface area contributed by atoms with E-state index in [-0.39, 0.29) is 0 Å². The van der Waals surface area contributed by atoms with Crippen molar-refractivity contribution in [2.24, 2.45) is 5.92 Å². The molecule has 0 aliphatic rings. The summed E-state index contributed by atoms with van der Waals surface area (Å²) in [6, 6.07) is 10.5. The van der Waals surface area contributed by atoms with E-state index in [1.54, 1.807) is 7.11 Å². The van der Waals surface area contributed by atoms with Gasteiger partial charge in [-0.1, -0.05) is 51.1 Å². The van der Waals surface area contributed by atoms with Gasteiger partial charge < -0.3 is 9.30 Å². The maximum atomic E-state index is 5.04. The molecule has 0 N–H and O–H groups in total. The Hall–Kier alpha value is -0.643. The normalized spacial score (nSPS) is 10.4. The van der Waals surface area contributed by atoms with Crippen LogP contribution in [0.4, 0.5) is 0 Å². The summed E-state index contributed by atoms with van der Waals surface area (Å²) in [7, 11) is 2.77. The number of ether oxygens (including phenoxy) is 1. The lowest BCUT2D eigenvalue weighted by Gasteiger charge is -2.15. The van der Waals surface area contributed by atoms with E-state index in [1.807, 2.05) is 6.07 Å². The Labute approximate surface area is 103 Å². The van der Waals surface area contributed by atoms with Crippen LogP contribution < -0.4 is 0 Å². The molecule has 16 heavy (non-hydrogen) atoms. The van der Waals surface area contributed by atoms with Crippen molar-refractivity contribution in [1.29, 1.82) is 0 Å². The number of rotatable bonds is 4. The second kappa shape index (κ2) is 9.57. The molecule has 0 amide bonds. The van der Waals surface area contributed by atoms with Gasteiger partial charge in [0.2, 0.25) is 0 Å². The van der Waals surface area contributed by atoms with E-state index in [0.717, 1.165) is 29.6 Å². The first-order valence-electron chi connectivity index (χ1n) is 5.77. The van der Waals surface area contributed by atoms with Crippen molar-refractivity contribution in [1.82, 2.24) is 4.57 Å². The Morgan fingerprint density at radius 1 is 1.19 bits per heavy atom. The summed E-state index contributed by atoms with van der Waals surface area (Å²) in [5, 5.41) is 0. The van der Waals surface area contributed by atoms with Gasteiger partial charge in [0.1, 0.15) is 0 Å². The van der Waals surface area contributed by atoms with Crippen molar-refractivity contribution in [3.05, 3.63) is 35.9 Å². The minimum absolute atomic E-state index is 0.737. The molecular weight excluding hydrogens is 214 g/mol. The molecule has 0 saturated heterocycles. The predicted molar refractivity (Wildman–Crippen MR) is 74.3 cm³/mol. The van der Waals surface area contributed by atoms with Crippen molar-refractivity contribution >= 4 is 10.4 Å². The average Bonchev–Trinajstić information content (AvgIpc) is 2.18. The molecular formula is C13H25NOSi. The Morgan fingerprint density at radius 3 is 2.12 bits per heavy atom. The fraction of sp³-hybridized carbons (Fsp3) is 0.538. The van der Waals surface area contributed by atoms with Crippen molar-refractivity contribution < 1.29 is 4.74 Å². The molecule has 0 aromatic heterocycles. The van der Waals surface area contributed by atoms with Crippen LogP contribution in [0.2, 0.25) is 0 Å². The number of hydrogen-bond acceptors (Lipinski definition) is 2. The van der Waals surface area contributed by atoms with Crippen molar-refractivity contribution in [2.75, 3.05) is 13.8 Å². The Morgan fingerprint density at radius 2 is 1.69 bits per heavy atom. The first kappa shape index (κ1) is 15.4. The van der Waals surface area contributed by atoms with Gasteiger partial charge >= 0.3 is 0 Å². The summed E-state index contributed by atoms with van der Waals surface area (Å²) >= 11 is 0. The second-order valence-corrected chi connectivity index (χ2v) is 5.91. The lowest BCUT2D eigenvalue weighted by Crippen LogP contribution is -2.21. The summed E-state index contributed by atoms with van der Waals surface area (Å²) in [5.74, 6) is 0.833. The lowest BCUT2D eigenvalue weighted by molar-refractivity contribution is 0.115. The molecule has 0 radical (unpaired) electrons. The molecule has 2 nitrogen and oxygen atoms in total. The van der Waals surface area contributed by atoms with Crippen LogP contribution >= 0.6 is 0 Å². The molecule has 1 rings (SSSR count). The molecule has 3 heteroatoms. The largest absolute Gasteiger partial charge is 0.370 e. The maximum Gasteiger partial charge on any atom is 0.0923 e. The number of methoxy groups -OCH3 is 1. The van der Waals surface area contributed by atoms with Gasteiger partial charge in [-0.3, -0.25) is 0 Å². The second-order valence-electron chi connectivity index (χ2n) is 4.65. The van der Waals surface area contributed by atoms with E-state index in [9.17, 15) is 0 Å². The number of benzene rings is 1. The minimum atomic E-state index is 0.737. The smallest absolute Gasteiger partial charge is 0.0923 e. The molecule has 0 atom stereocenters. The van der Waals surface area contributed by atoms with Crippen molar-refractivity contribution in [2.45, 2.75) is 27.3 Å². The average molecular weight is 239 g/mol. The highest BCUT2D eigenvalue weighted by atomic mass is 28.2. The summed E-state index contributed by atoms with van der Waals surface area (Å²) < 4.78 is 7.30. The topological polar surface area (TPSA) is 12.5 Å². The van der Waals surface area contributed by atoms with Crippen LogP contribution in [0.5, 0.6) is 0 Å². The fourth-order valence-corrected chi connectivity index (χ4v) is 1.78. The Kier molecular flexibility index (Phi) is 9.19. The molecule has 1 aromatic carbocycles. The van der Waals surface area contributed by atoms with Gasteiger partial charge in [-0.15, -0.1) is 0 Å². The van der Waals surface area contributed by atoms with E-state index in [0.29, 0.717) is 0 Å². The third-order valence-electron chi connectivity index (χ3n) is 1.64. The first-order valence-corrected chi connectivity index (χ1v) is 6.67. The molecule has 0 spiro atoms. The van der Waals surface area contributed by atoms with Crippen LogP contribution in [0.3, 0.4) is 0 Å². The third kappa shape index (κ3) is 9.89. The Bertz CT molecular complexity index is 249. The van der Waals surface area contributed by atoms with Gasteiger partial charge in [0.25, 0.3) is 0 Å². The summed E-state index contributed by atoms with van der Waals surface area (Å²) in [4.78, 5) is 0. The van der Waals surface area contributed by atoms with Gasteiger partial charge in [0.05, 0.1) is 17.1 Å². The fourth-order valence-electron chi connectivity index (χ4n) is 1.16. The number of hydrogen-bond donors (Lipinski definition) is 0. The SMILES string of the molecule is CC(C)C.COCN([SiH3])Cc1ccccc1. The maximum absolute atomic E-state index is 5.04. The minimum Gasteiger partial charge on any atom is -0.370 e.